The van der Waals surface area contributed by atoms with E-state index in [1.807, 2.05) is 24.5 Å². The third-order valence-corrected chi connectivity index (χ3v) is 4.01. The lowest BCUT2D eigenvalue weighted by Gasteiger charge is -2.09. The van der Waals surface area contributed by atoms with Crippen LogP contribution in [0.2, 0.25) is 0 Å². The molecule has 1 fully saturated rings. The Balaban J connectivity index is 2.01. The molecule has 0 saturated carbocycles. The van der Waals surface area contributed by atoms with Gasteiger partial charge in [0.15, 0.2) is 5.11 Å². The minimum atomic E-state index is -0.428. The second-order valence-electron chi connectivity index (χ2n) is 5.40. The van der Waals surface area contributed by atoms with Crippen LogP contribution in [0, 0.1) is 24.0 Å². The number of nitrogens with one attached hydrogen (secondary N) is 2. The molecule has 1 aromatic carbocycles. The monoisotopic (exact) mass is 342 g/mol. The maximum absolute atomic E-state index is 11.8. The first kappa shape index (κ1) is 15.9. The Bertz CT molecular complexity index is 897. The highest BCUT2D eigenvalue weighted by atomic mass is 32.1. The third kappa shape index (κ3) is 2.79. The molecular formula is C16H14N4O3S. The van der Waals surface area contributed by atoms with Gasteiger partial charge in [0.1, 0.15) is 5.70 Å². The number of hydrogen-bond donors (Lipinski definition) is 2. The fraction of sp³-hybridized carbons (Fsp3) is 0.125. The van der Waals surface area contributed by atoms with Crippen LogP contribution in [0.25, 0.3) is 11.8 Å². The number of aryl methyl sites for hydroxylation is 1. The smallest absolute Gasteiger partial charge is 0.273 e. The standard InChI is InChI=1S/C16H14N4O3S/c1-9-7-11(8-14-15(21)18-16(24)17-14)10(2)19(9)12-3-5-13(6-4-12)20(22)23/h3-8H,1-2H3,(H2,17,18,21,24)/b14-8-. The Hall–Kier alpha value is -3.00. The van der Waals surface area contributed by atoms with Crippen molar-refractivity contribution in [1.29, 1.82) is 0 Å². The number of benzene rings is 1. The van der Waals surface area contributed by atoms with Crippen molar-refractivity contribution in [2.45, 2.75) is 13.8 Å². The largest absolute Gasteiger partial charge is 0.328 e. The average molecular weight is 342 g/mol. The lowest BCUT2D eigenvalue weighted by Crippen LogP contribution is -2.21. The second kappa shape index (κ2) is 5.89. The Labute approximate surface area is 143 Å². The van der Waals surface area contributed by atoms with Gasteiger partial charge in [-0.15, -0.1) is 0 Å². The van der Waals surface area contributed by atoms with Crippen LogP contribution in [0.3, 0.4) is 0 Å². The van der Waals surface area contributed by atoms with Crippen molar-refractivity contribution < 1.29 is 9.72 Å². The summed E-state index contributed by atoms with van der Waals surface area (Å²) in [7, 11) is 0. The lowest BCUT2D eigenvalue weighted by atomic mass is 10.2. The quantitative estimate of drug-likeness (QED) is 0.387. The summed E-state index contributed by atoms with van der Waals surface area (Å²) in [6, 6.07) is 8.28. The Morgan fingerprint density at radius 1 is 1.21 bits per heavy atom. The number of carbonyl (C=O) groups excluding carboxylic acids is 1. The van der Waals surface area contributed by atoms with Gasteiger partial charge in [0.2, 0.25) is 0 Å². The van der Waals surface area contributed by atoms with Crippen LogP contribution < -0.4 is 10.6 Å². The van der Waals surface area contributed by atoms with E-state index in [4.69, 9.17) is 12.2 Å². The molecule has 1 aromatic heterocycles. The molecule has 1 saturated heterocycles. The maximum atomic E-state index is 11.8. The highest BCUT2D eigenvalue weighted by molar-refractivity contribution is 7.80. The molecule has 1 aliphatic heterocycles. The van der Waals surface area contributed by atoms with Crippen molar-refractivity contribution in [2.24, 2.45) is 0 Å². The molecule has 0 atom stereocenters. The number of aromatic nitrogens is 1. The van der Waals surface area contributed by atoms with Gasteiger partial charge in [-0.3, -0.25) is 20.2 Å². The second-order valence-corrected chi connectivity index (χ2v) is 5.81. The molecule has 3 rings (SSSR count). The molecule has 1 aliphatic rings. The fourth-order valence-corrected chi connectivity index (χ4v) is 2.90. The summed E-state index contributed by atoms with van der Waals surface area (Å²) in [5, 5.41) is 16.4. The molecule has 0 radical (unpaired) electrons. The lowest BCUT2D eigenvalue weighted by molar-refractivity contribution is -0.384. The van der Waals surface area contributed by atoms with Crippen molar-refractivity contribution in [3.05, 3.63) is 63.1 Å². The normalized spacial score (nSPS) is 15.5. The average Bonchev–Trinajstić information content (AvgIpc) is 2.98. The molecule has 0 bridgehead atoms. The molecule has 7 nitrogen and oxygen atoms in total. The molecule has 2 heterocycles. The number of amides is 1. The summed E-state index contributed by atoms with van der Waals surface area (Å²) < 4.78 is 1.97. The molecule has 2 aromatic rings. The van der Waals surface area contributed by atoms with Gasteiger partial charge in [0, 0.05) is 29.2 Å². The van der Waals surface area contributed by atoms with E-state index in [0.717, 1.165) is 22.6 Å². The minimum absolute atomic E-state index is 0.0453. The van der Waals surface area contributed by atoms with Crippen LogP contribution in [0.15, 0.2) is 36.0 Å². The molecule has 8 heteroatoms. The van der Waals surface area contributed by atoms with Gasteiger partial charge in [-0.2, -0.15) is 0 Å². The zero-order valence-corrected chi connectivity index (χ0v) is 13.8. The first-order valence-electron chi connectivity index (χ1n) is 7.14. The number of rotatable bonds is 3. The molecule has 0 aliphatic carbocycles. The van der Waals surface area contributed by atoms with Gasteiger partial charge in [-0.1, -0.05) is 0 Å². The van der Waals surface area contributed by atoms with Gasteiger partial charge in [0.05, 0.1) is 4.92 Å². The van der Waals surface area contributed by atoms with Gasteiger partial charge in [-0.05, 0) is 55.9 Å². The fourth-order valence-electron chi connectivity index (χ4n) is 2.69. The van der Waals surface area contributed by atoms with Crippen molar-refractivity contribution in [3.8, 4) is 5.69 Å². The Morgan fingerprint density at radius 3 is 2.42 bits per heavy atom. The predicted molar refractivity (Wildman–Crippen MR) is 93.8 cm³/mol. The zero-order valence-electron chi connectivity index (χ0n) is 13.0. The van der Waals surface area contributed by atoms with E-state index in [-0.39, 0.29) is 16.7 Å². The molecule has 0 unspecified atom stereocenters. The minimum Gasteiger partial charge on any atom is -0.328 e. The van der Waals surface area contributed by atoms with Crippen LogP contribution >= 0.6 is 12.2 Å². The van der Waals surface area contributed by atoms with E-state index in [1.165, 1.54) is 12.1 Å². The summed E-state index contributed by atoms with van der Waals surface area (Å²) in [4.78, 5) is 22.1. The topological polar surface area (TPSA) is 89.2 Å². The third-order valence-electron chi connectivity index (χ3n) is 3.81. The first-order chi connectivity index (χ1) is 11.4. The summed E-state index contributed by atoms with van der Waals surface area (Å²) in [5.41, 5.74) is 4.00. The molecule has 1 amide bonds. The van der Waals surface area contributed by atoms with E-state index < -0.39 is 4.92 Å². The number of nitro benzene ring substituents is 1. The SMILES string of the molecule is Cc1cc(/C=C2\NC(=S)NC2=O)c(C)n1-c1ccc([N+](=O)[O-])cc1. The number of nitrogens with zero attached hydrogens (tertiary/aromatic N) is 2. The molecule has 0 spiro atoms. The number of non-ortho nitro benzene ring substituents is 1. The van der Waals surface area contributed by atoms with Gasteiger partial charge in [0.25, 0.3) is 11.6 Å². The van der Waals surface area contributed by atoms with E-state index in [1.54, 1.807) is 18.2 Å². The van der Waals surface area contributed by atoms with Crippen molar-refractivity contribution in [3.63, 3.8) is 0 Å². The van der Waals surface area contributed by atoms with Crippen LogP contribution in [0.5, 0.6) is 0 Å². The highest BCUT2D eigenvalue weighted by Crippen LogP contribution is 2.24. The Morgan fingerprint density at radius 2 is 1.88 bits per heavy atom. The number of nitro groups is 1. The molecule has 2 N–H and O–H groups in total. The number of thiocarbonyl (C=S) groups is 1. The predicted octanol–water partition coefficient (Wildman–Crippen LogP) is 2.35. The summed E-state index contributed by atoms with van der Waals surface area (Å²) in [6.45, 7) is 3.86. The summed E-state index contributed by atoms with van der Waals surface area (Å²) >= 11 is 4.92. The summed E-state index contributed by atoms with van der Waals surface area (Å²) in [6.07, 6.45) is 1.73. The van der Waals surface area contributed by atoms with E-state index in [9.17, 15) is 14.9 Å². The molecular weight excluding hydrogens is 328 g/mol. The highest BCUT2D eigenvalue weighted by Gasteiger charge is 2.21. The first-order valence-corrected chi connectivity index (χ1v) is 7.55. The van der Waals surface area contributed by atoms with E-state index >= 15 is 0 Å². The number of hydrogen-bond acceptors (Lipinski definition) is 4. The molecule has 122 valence electrons. The van der Waals surface area contributed by atoms with Crippen molar-refractivity contribution in [1.82, 2.24) is 15.2 Å². The van der Waals surface area contributed by atoms with E-state index in [2.05, 4.69) is 10.6 Å². The summed E-state index contributed by atoms with van der Waals surface area (Å²) in [5.74, 6) is -0.264. The van der Waals surface area contributed by atoms with Crippen LogP contribution in [0.4, 0.5) is 5.69 Å². The van der Waals surface area contributed by atoms with Gasteiger partial charge >= 0.3 is 0 Å². The van der Waals surface area contributed by atoms with Crippen LogP contribution in [-0.2, 0) is 4.79 Å². The Kier molecular flexibility index (Phi) is 3.90. The van der Waals surface area contributed by atoms with Gasteiger partial charge < -0.3 is 9.88 Å². The van der Waals surface area contributed by atoms with E-state index in [0.29, 0.717) is 5.70 Å². The number of carbonyl (C=O) groups is 1. The van der Waals surface area contributed by atoms with Crippen molar-refractivity contribution in [2.75, 3.05) is 0 Å². The van der Waals surface area contributed by atoms with Crippen LogP contribution in [0.1, 0.15) is 17.0 Å². The molecule has 24 heavy (non-hydrogen) atoms. The van der Waals surface area contributed by atoms with Crippen LogP contribution in [-0.4, -0.2) is 20.5 Å². The van der Waals surface area contributed by atoms with Crippen molar-refractivity contribution >= 4 is 35.0 Å². The van der Waals surface area contributed by atoms with Gasteiger partial charge in [-0.25, -0.2) is 0 Å². The maximum Gasteiger partial charge on any atom is 0.273 e. The zero-order chi connectivity index (χ0) is 17.4.